The molecule has 16 heavy (non-hydrogen) atoms. The second kappa shape index (κ2) is 6.24. The van der Waals surface area contributed by atoms with Crippen LogP contribution in [0.15, 0.2) is 0 Å². The van der Waals surface area contributed by atoms with Crippen LogP contribution < -0.4 is 5.32 Å². The lowest BCUT2D eigenvalue weighted by Gasteiger charge is -2.29. The highest BCUT2D eigenvalue weighted by Crippen LogP contribution is 2.34. The number of carboxylic acid groups (broad SMARTS) is 1. The summed E-state index contributed by atoms with van der Waals surface area (Å²) in [6.07, 6.45) is 7.24. The van der Waals surface area contributed by atoms with Crippen molar-refractivity contribution in [2.75, 3.05) is 6.54 Å². The van der Waals surface area contributed by atoms with E-state index in [1.807, 2.05) is 0 Å². The SMILES string of the molecule is CCC(C)NCC1(C(=O)O)CCCCCC1. The zero-order valence-electron chi connectivity index (χ0n) is 10.6. The second-order valence-electron chi connectivity index (χ2n) is 5.19. The molecule has 0 aliphatic heterocycles. The summed E-state index contributed by atoms with van der Waals surface area (Å²) >= 11 is 0. The second-order valence-corrected chi connectivity index (χ2v) is 5.19. The van der Waals surface area contributed by atoms with Gasteiger partial charge in [-0.25, -0.2) is 0 Å². The summed E-state index contributed by atoms with van der Waals surface area (Å²) in [5, 5.41) is 12.8. The molecule has 0 aromatic heterocycles. The van der Waals surface area contributed by atoms with Crippen LogP contribution >= 0.6 is 0 Å². The lowest BCUT2D eigenvalue weighted by atomic mass is 9.80. The first-order valence-electron chi connectivity index (χ1n) is 6.57. The van der Waals surface area contributed by atoms with Crippen LogP contribution in [0.1, 0.15) is 58.8 Å². The van der Waals surface area contributed by atoms with Crippen LogP contribution in [-0.2, 0) is 4.79 Å². The smallest absolute Gasteiger partial charge is 0.310 e. The Labute approximate surface area is 98.6 Å². The molecule has 0 aromatic carbocycles. The Kier molecular flexibility index (Phi) is 5.26. The highest BCUT2D eigenvalue weighted by Gasteiger charge is 2.38. The molecule has 1 fully saturated rings. The Balaban J connectivity index is 2.60. The summed E-state index contributed by atoms with van der Waals surface area (Å²) in [4.78, 5) is 11.5. The molecule has 1 saturated carbocycles. The predicted molar refractivity (Wildman–Crippen MR) is 65.5 cm³/mol. The van der Waals surface area contributed by atoms with Crippen LogP contribution in [-0.4, -0.2) is 23.7 Å². The standard InChI is InChI=1S/C13H25NO2/c1-3-11(2)14-10-13(12(15)16)8-6-4-5-7-9-13/h11,14H,3-10H2,1-2H3,(H,15,16). The highest BCUT2D eigenvalue weighted by molar-refractivity contribution is 5.75. The van der Waals surface area contributed by atoms with Crippen molar-refractivity contribution in [2.24, 2.45) is 5.41 Å². The molecule has 0 amide bonds. The minimum absolute atomic E-state index is 0.416. The molecule has 0 bridgehead atoms. The average Bonchev–Trinajstić information content (AvgIpc) is 2.52. The fourth-order valence-electron chi connectivity index (χ4n) is 2.39. The van der Waals surface area contributed by atoms with Gasteiger partial charge in [-0.2, -0.15) is 0 Å². The molecule has 3 nitrogen and oxygen atoms in total. The molecule has 1 aliphatic rings. The van der Waals surface area contributed by atoms with Crippen molar-refractivity contribution >= 4 is 5.97 Å². The summed E-state index contributed by atoms with van der Waals surface area (Å²) in [6.45, 7) is 4.88. The van der Waals surface area contributed by atoms with E-state index in [0.717, 1.165) is 32.1 Å². The minimum atomic E-state index is -0.606. The van der Waals surface area contributed by atoms with Crippen molar-refractivity contribution in [3.05, 3.63) is 0 Å². The molecule has 1 atom stereocenters. The normalized spacial score (nSPS) is 22.4. The third-order valence-corrected chi connectivity index (χ3v) is 3.92. The van der Waals surface area contributed by atoms with Gasteiger partial charge >= 0.3 is 5.97 Å². The Bertz CT molecular complexity index is 220. The zero-order valence-corrected chi connectivity index (χ0v) is 10.6. The first-order chi connectivity index (χ1) is 7.60. The largest absolute Gasteiger partial charge is 0.481 e. The Morgan fingerprint density at radius 2 is 1.88 bits per heavy atom. The van der Waals surface area contributed by atoms with E-state index in [1.54, 1.807) is 0 Å². The van der Waals surface area contributed by atoms with Gasteiger partial charge in [0.15, 0.2) is 0 Å². The topological polar surface area (TPSA) is 49.3 Å². The van der Waals surface area contributed by atoms with Crippen molar-refractivity contribution < 1.29 is 9.90 Å². The van der Waals surface area contributed by atoms with Gasteiger partial charge in [0.05, 0.1) is 5.41 Å². The van der Waals surface area contributed by atoms with Gasteiger partial charge in [0, 0.05) is 12.6 Å². The van der Waals surface area contributed by atoms with Crippen molar-refractivity contribution in [1.82, 2.24) is 5.32 Å². The van der Waals surface area contributed by atoms with Gasteiger partial charge in [-0.15, -0.1) is 0 Å². The summed E-state index contributed by atoms with van der Waals surface area (Å²) in [5.41, 5.74) is -0.500. The van der Waals surface area contributed by atoms with Crippen molar-refractivity contribution in [3.8, 4) is 0 Å². The molecule has 1 aliphatic carbocycles. The number of rotatable bonds is 5. The molecule has 94 valence electrons. The van der Waals surface area contributed by atoms with Gasteiger partial charge in [0.2, 0.25) is 0 Å². The number of aliphatic carboxylic acids is 1. The molecule has 0 saturated heterocycles. The maximum Gasteiger partial charge on any atom is 0.310 e. The van der Waals surface area contributed by atoms with E-state index < -0.39 is 11.4 Å². The number of hydrogen-bond acceptors (Lipinski definition) is 2. The van der Waals surface area contributed by atoms with E-state index in [1.165, 1.54) is 12.8 Å². The first-order valence-corrected chi connectivity index (χ1v) is 6.57. The van der Waals surface area contributed by atoms with Crippen LogP contribution in [0.5, 0.6) is 0 Å². The first kappa shape index (κ1) is 13.5. The molecule has 0 radical (unpaired) electrons. The van der Waals surface area contributed by atoms with E-state index in [0.29, 0.717) is 12.6 Å². The molecular formula is C13H25NO2. The van der Waals surface area contributed by atoms with Crippen molar-refractivity contribution in [2.45, 2.75) is 64.8 Å². The lowest BCUT2D eigenvalue weighted by molar-refractivity contribution is -0.149. The molecule has 3 heteroatoms. The van der Waals surface area contributed by atoms with Crippen LogP contribution in [0.25, 0.3) is 0 Å². The van der Waals surface area contributed by atoms with E-state index in [4.69, 9.17) is 0 Å². The Morgan fingerprint density at radius 3 is 2.31 bits per heavy atom. The molecule has 1 rings (SSSR count). The predicted octanol–water partition coefficient (Wildman–Crippen LogP) is 2.80. The monoisotopic (exact) mass is 227 g/mol. The third-order valence-electron chi connectivity index (χ3n) is 3.92. The van der Waals surface area contributed by atoms with Crippen LogP contribution in [0.2, 0.25) is 0 Å². The van der Waals surface area contributed by atoms with E-state index in [9.17, 15) is 9.90 Å². The fraction of sp³-hybridized carbons (Fsp3) is 0.923. The number of nitrogens with one attached hydrogen (secondary N) is 1. The molecule has 1 unspecified atom stereocenters. The Hall–Kier alpha value is -0.570. The van der Waals surface area contributed by atoms with Gasteiger partial charge in [-0.1, -0.05) is 32.6 Å². The summed E-state index contributed by atoms with van der Waals surface area (Å²) in [7, 11) is 0. The van der Waals surface area contributed by atoms with Crippen molar-refractivity contribution in [1.29, 1.82) is 0 Å². The van der Waals surface area contributed by atoms with Gasteiger partial charge in [0.25, 0.3) is 0 Å². The maximum atomic E-state index is 11.5. The van der Waals surface area contributed by atoms with Gasteiger partial charge in [0.1, 0.15) is 0 Å². The quantitative estimate of drug-likeness (QED) is 0.710. The van der Waals surface area contributed by atoms with Crippen LogP contribution in [0.4, 0.5) is 0 Å². The third kappa shape index (κ3) is 3.48. The molecule has 0 heterocycles. The Morgan fingerprint density at radius 1 is 1.31 bits per heavy atom. The number of hydrogen-bond donors (Lipinski definition) is 2. The molecule has 0 aromatic rings. The van der Waals surface area contributed by atoms with E-state index in [2.05, 4.69) is 19.2 Å². The average molecular weight is 227 g/mol. The number of carbonyl (C=O) groups is 1. The van der Waals surface area contributed by atoms with Crippen LogP contribution in [0.3, 0.4) is 0 Å². The zero-order chi connectivity index (χ0) is 12.0. The summed E-state index contributed by atoms with van der Waals surface area (Å²) in [6, 6.07) is 0.416. The summed E-state index contributed by atoms with van der Waals surface area (Å²) < 4.78 is 0. The van der Waals surface area contributed by atoms with Crippen LogP contribution in [0, 0.1) is 5.41 Å². The van der Waals surface area contributed by atoms with E-state index >= 15 is 0 Å². The fourth-order valence-corrected chi connectivity index (χ4v) is 2.39. The molecule has 2 N–H and O–H groups in total. The minimum Gasteiger partial charge on any atom is -0.481 e. The maximum absolute atomic E-state index is 11.5. The van der Waals surface area contributed by atoms with Gasteiger partial charge in [-0.3, -0.25) is 4.79 Å². The molecular weight excluding hydrogens is 202 g/mol. The summed E-state index contributed by atoms with van der Waals surface area (Å²) in [5.74, 6) is -0.606. The highest BCUT2D eigenvalue weighted by atomic mass is 16.4. The van der Waals surface area contributed by atoms with Gasteiger partial charge in [-0.05, 0) is 26.2 Å². The lowest BCUT2D eigenvalue weighted by Crippen LogP contribution is -2.43. The molecule has 0 spiro atoms. The number of carboxylic acids is 1. The van der Waals surface area contributed by atoms with Crippen molar-refractivity contribution in [3.63, 3.8) is 0 Å². The van der Waals surface area contributed by atoms with E-state index in [-0.39, 0.29) is 0 Å². The van der Waals surface area contributed by atoms with Gasteiger partial charge < -0.3 is 10.4 Å².